The highest BCUT2D eigenvalue weighted by Crippen LogP contribution is 2.35. The Morgan fingerprint density at radius 3 is 2.36 bits per heavy atom. The van der Waals surface area contributed by atoms with Crippen LogP contribution in [0.15, 0.2) is 36.4 Å². The molecule has 0 bridgehead atoms. The third-order valence-electron chi connectivity index (χ3n) is 3.60. The molecule has 0 unspecified atom stereocenters. The van der Waals surface area contributed by atoms with E-state index in [2.05, 4.69) is 5.32 Å². The molecule has 2 aromatic rings. The van der Waals surface area contributed by atoms with Gasteiger partial charge < -0.3 is 10.4 Å². The first-order valence-corrected chi connectivity index (χ1v) is 8.11. The molecule has 0 saturated carbocycles. The van der Waals surface area contributed by atoms with E-state index in [1.165, 1.54) is 11.3 Å². The summed E-state index contributed by atoms with van der Waals surface area (Å²) in [6, 6.07) is 11.3. The van der Waals surface area contributed by atoms with Gasteiger partial charge in [0.05, 0.1) is 5.69 Å². The number of amides is 1. The van der Waals surface area contributed by atoms with Crippen molar-refractivity contribution in [2.45, 2.75) is 26.7 Å². The lowest BCUT2D eigenvalue weighted by Gasteiger charge is -2.12. The summed E-state index contributed by atoms with van der Waals surface area (Å²) in [6.45, 7) is 3.91. The maximum absolute atomic E-state index is 12.2. The van der Waals surface area contributed by atoms with Gasteiger partial charge in [-0.05, 0) is 24.5 Å². The molecule has 116 valence electrons. The third-order valence-corrected chi connectivity index (χ3v) is 4.77. The summed E-state index contributed by atoms with van der Waals surface area (Å²) < 4.78 is 0. The number of hydrogen-bond acceptors (Lipinski definition) is 3. The summed E-state index contributed by atoms with van der Waals surface area (Å²) >= 11 is 1.18. The van der Waals surface area contributed by atoms with Crippen molar-refractivity contribution in [1.82, 2.24) is 0 Å². The molecule has 2 N–H and O–H groups in total. The standard InChI is InChI=1S/C17H19NO3S/c1-3-11(4-2)16(19)18-13-10-14(22-15(13)17(20)21)12-8-6-5-7-9-12/h5-11H,3-4H2,1-2H3,(H,18,19)(H,20,21). The van der Waals surface area contributed by atoms with Gasteiger partial charge in [0, 0.05) is 10.8 Å². The second kappa shape index (κ2) is 7.22. The number of carbonyl (C=O) groups excluding carboxylic acids is 1. The second-order valence-corrected chi connectivity index (χ2v) is 6.08. The van der Waals surface area contributed by atoms with Gasteiger partial charge in [-0.2, -0.15) is 0 Å². The highest BCUT2D eigenvalue weighted by molar-refractivity contribution is 7.18. The molecule has 4 nitrogen and oxygen atoms in total. The number of benzene rings is 1. The fourth-order valence-corrected chi connectivity index (χ4v) is 3.24. The molecule has 2 rings (SSSR count). The maximum Gasteiger partial charge on any atom is 0.348 e. The van der Waals surface area contributed by atoms with Crippen LogP contribution in [0, 0.1) is 5.92 Å². The largest absolute Gasteiger partial charge is 0.477 e. The van der Waals surface area contributed by atoms with E-state index in [1.54, 1.807) is 6.07 Å². The Morgan fingerprint density at radius 1 is 1.18 bits per heavy atom. The van der Waals surface area contributed by atoms with Crippen LogP contribution in [0.3, 0.4) is 0 Å². The monoisotopic (exact) mass is 317 g/mol. The quantitative estimate of drug-likeness (QED) is 0.825. The van der Waals surface area contributed by atoms with Gasteiger partial charge >= 0.3 is 5.97 Å². The van der Waals surface area contributed by atoms with E-state index in [0.717, 1.165) is 23.3 Å². The summed E-state index contributed by atoms with van der Waals surface area (Å²) in [5, 5.41) is 12.1. The predicted molar refractivity (Wildman–Crippen MR) is 89.4 cm³/mol. The van der Waals surface area contributed by atoms with Gasteiger partial charge in [0.2, 0.25) is 5.91 Å². The Hall–Kier alpha value is -2.14. The minimum Gasteiger partial charge on any atom is -0.477 e. The highest BCUT2D eigenvalue weighted by atomic mass is 32.1. The van der Waals surface area contributed by atoms with E-state index in [1.807, 2.05) is 44.2 Å². The van der Waals surface area contributed by atoms with Crippen molar-refractivity contribution in [2.24, 2.45) is 5.92 Å². The Balaban J connectivity index is 2.33. The van der Waals surface area contributed by atoms with Gasteiger partial charge in [-0.25, -0.2) is 4.79 Å². The van der Waals surface area contributed by atoms with Crippen LogP contribution in [0.4, 0.5) is 5.69 Å². The molecular formula is C17H19NO3S. The average Bonchev–Trinajstić information content (AvgIpc) is 2.93. The Kier molecular flexibility index (Phi) is 5.33. The number of carbonyl (C=O) groups is 2. The highest BCUT2D eigenvalue weighted by Gasteiger charge is 2.21. The molecule has 5 heteroatoms. The molecular weight excluding hydrogens is 298 g/mol. The van der Waals surface area contributed by atoms with Crippen LogP contribution in [0.2, 0.25) is 0 Å². The normalized spacial score (nSPS) is 10.7. The van der Waals surface area contributed by atoms with E-state index in [-0.39, 0.29) is 16.7 Å². The van der Waals surface area contributed by atoms with Crippen LogP contribution in [0.5, 0.6) is 0 Å². The SMILES string of the molecule is CCC(CC)C(=O)Nc1cc(-c2ccccc2)sc1C(=O)O. The molecule has 0 fully saturated rings. The van der Waals surface area contributed by atoms with Gasteiger partial charge in [-0.1, -0.05) is 44.2 Å². The lowest BCUT2D eigenvalue weighted by Crippen LogP contribution is -2.22. The van der Waals surface area contributed by atoms with Crippen molar-refractivity contribution in [3.05, 3.63) is 41.3 Å². The summed E-state index contributed by atoms with van der Waals surface area (Å²) in [6.07, 6.45) is 1.47. The predicted octanol–water partition coefficient (Wildman–Crippen LogP) is 4.49. The van der Waals surface area contributed by atoms with Crippen LogP contribution in [0.25, 0.3) is 10.4 Å². The van der Waals surface area contributed by atoms with Gasteiger partial charge in [-0.3, -0.25) is 4.79 Å². The molecule has 1 aromatic heterocycles. The molecule has 1 heterocycles. The summed E-state index contributed by atoms with van der Waals surface area (Å²) in [5.74, 6) is -1.24. The Morgan fingerprint density at radius 2 is 1.82 bits per heavy atom. The smallest absolute Gasteiger partial charge is 0.348 e. The van der Waals surface area contributed by atoms with E-state index in [4.69, 9.17) is 0 Å². The summed E-state index contributed by atoms with van der Waals surface area (Å²) in [7, 11) is 0. The summed E-state index contributed by atoms with van der Waals surface area (Å²) in [5.41, 5.74) is 1.33. The van der Waals surface area contributed by atoms with E-state index < -0.39 is 5.97 Å². The minimum absolute atomic E-state index is 0.0956. The first-order valence-electron chi connectivity index (χ1n) is 7.30. The van der Waals surface area contributed by atoms with Crippen molar-refractivity contribution in [1.29, 1.82) is 0 Å². The lowest BCUT2D eigenvalue weighted by atomic mass is 10.0. The number of aromatic carboxylic acids is 1. The van der Waals surface area contributed by atoms with Crippen LogP contribution >= 0.6 is 11.3 Å². The second-order valence-electron chi connectivity index (χ2n) is 5.03. The maximum atomic E-state index is 12.2. The molecule has 0 spiro atoms. The van der Waals surface area contributed by atoms with Gasteiger partial charge in [0.15, 0.2) is 0 Å². The number of rotatable bonds is 6. The number of hydrogen-bond donors (Lipinski definition) is 2. The molecule has 22 heavy (non-hydrogen) atoms. The number of anilines is 1. The summed E-state index contributed by atoms with van der Waals surface area (Å²) in [4.78, 5) is 24.6. The number of carboxylic acid groups (broad SMARTS) is 1. The molecule has 0 radical (unpaired) electrons. The van der Waals surface area contributed by atoms with Crippen LogP contribution in [0.1, 0.15) is 36.4 Å². The molecule has 1 aromatic carbocycles. The van der Waals surface area contributed by atoms with E-state index in [0.29, 0.717) is 5.69 Å². The number of nitrogens with one attached hydrogen (secondary N) is 1. The van der Waals surface area contributed by atoms with Crippen molar-refractivity contribution in [2.75, 3.05) is 5.32 Å². The van der Waals surface area contributed by atoms with E-state index >= 15 is 0 Å². The zero-order valence-electron chi connectivity index (χ0n) is 12.6. The first kappa shape index (κ1) is 16.2. The van der Waals surface area contributed by atoms with Gasteiger partial charge in [-0.15, -0.1) is 11.3 Å². The molecule has 0 aliphatic rings. The van der Waals surface area contributed by atoms with Gasteiger partial charge in [0.25, 0.3) is 0 Å². The van der Waals surface area contributed by atoms with Crippen LogP contribution < -0.4 is 5.32 Å². The van der Waals surface area contributed by atoms with Crippen molar-refractivity contribution in [3.63, 3.8) is 0 Å². The molecule has 0 saturated heterocycles. The minimum atomic E-state index is -1.02. The zero-order chi connectivity index (χ0) is 16.1. The van der Waals surface area contributed by atoms with E-state index in [9.17, 15) is 14.7 Å². The fourth-order valence-electron chi connectivity index (χ4n) is 2.28. The molecule has 1 amide bonds. The molecule has 0 aliphatic carbocycles. The number of carboxylic acids is 1. The zero-order valence-corrected chi connectivity index (χ0v) is 13.4. The Bertz CT molecular complexity index is 660. The topological polar surface area (TPSA) is 66.4 Å². The van der Waals surface area contributed by atoms with Crippen LogP contribution in [-0.2, 0) is 4.79 Å². The lowest BCUT2D eigenvalue weighted by molar-refractivity contribution is -0.120. The average molecular weight is 317 g/mol. The van der Waals surface area contributed by atoms with Crippen molar-refractivity contribution < 1.29 is 14.7 Å². The molecule has 0 atom stereocenters. The molecule has 0 aliphatic heterocycles. The Labute approximate surface area is 133 Å². The number of thiophene rings is 1. The fraction of sp³-hybridized carbons (Fsp3) is 0.294. The third kappa shape index (κ3) is 3.54. The van der Waals surface area contributed by atoms with Crippen LogP contribution in [-0.4, -0.2) is 17.0 Å². The van der Waals surface area contributed by atoms with Gasteiger partial charge in [0.1, 0.15) is 4.88 Å². The first-order chi connectivity index (χ1) is 10.6. The van der Waals surface area contributed by atoms with Crippen molar-refractivity contribution in [3.8, 4) is 10.4 Å². The van der Waals surface area contributed by atoms with Crippen molar-refractivity contribution >= 4 is 28.9 Å².